The Kier molecular flexibility index (Phi) is 8.05. The van der Waals surface area contributed by atoms with Gasteiger partial charge in [-0.25, -0.2) is 14.0 Å². The molecule has 0 unspecified atom stereocenters. The monoisotopic (exact) mass is 535 g/mol. The number of rotatable bonds is 6. The molecule has 3 heterocycles. The first-order chi connectivity index (χ1) is 17.5. The minimum absolute atomic E-state index is 0. The number of nitrogens with one attached hydrogen (secondary N) is 1. The lowest BCUT2D eigenvalue weighted by molar-refractivity contribution is 0.103. The number of fused-ring (bicyclic) bond motifs is 2. The molecule has 4 aromatic rings. The largest absolute Gasteiger partial charge is 0.412 e. The van der Waals surface area contributed by atoms with Crippen molar-refractivity contribution in [1.82, 2.24) is 29.0 Å². The van der Waals surface area contributed by atoms with Crippen LogP contribution in [0.2, 0.25) is 0 Å². The SMILES string of the molecule is CSN1CCN(Cc2ccc3c(c2)C=C(C(=O)c2cnn(-c4ccc5nc(C)[nH]c5c4)c2N)C3)CC1.O.O. The first kappa shape index (κ1) is 27.6. The van der Waals surface area contributed by atoms with Crippen LogP contribution in [0.5, 0.6) is 0 Å². The van der Waals surface area contributed by atoms with Crippen molar-refractivity contribution < 1.29 is 15.7 Å². The van der Waals surface area contributed by atoms with E-state index in [1.165, 1.54) is 11.1 Å². The zero-order valence-corrected chi connectivity index (χ0v) is 22.3. The Balaban J connectivity index is 0.00000168. The van der Waals surface area contributed by atoms with E-state index in [9.17, 15) is 4.79 Å². The number of H-pyrrole nitrogens is 1. The van der Waals surface area contributed by atoms with E-state index in [1.54, 1.807) is 10.9 Å². The molecule has 1 aliphatic carbocycles. The number of piperazine rings is 1. The summed E-state index contributed by atoms with van der Waals surface area (Å²) >= 11 is 1.82. The minimum atomic E-state index is -0.0665. The molecule has 0 radical (unpaired) electrons. The standard InChI is InChI=1S/C27H29N7OS.2H2O/c1-17-30-24-6-5-22(14-25(24)31-17)34-27(28)23(15-29-34)26(35)21-12-19-4-3-18(11-20(19)13-21)16-32-7-9-33(36-2)10-8-32;;/h3-6,11,13-15H,7-10,12,16,28H2,1-2H3,(H,30,31);2*1H2. The van der Waals surface area contributed by atoms with Crippen molar-refractivity contribution in [2.75, 3.05) is 38.2 Å². The summed E-state index contributed by atoms with van der Waals surface area (Å²) in [4.78, 5) is 23.6. The van der Waals surface area contributed by atoms with Gasteiger partial charge in [0.1, 0.15) is 11.6 Å². The number of aromatic nitrogens is 4. The van der Waals surface area contributed by atoms with E-state index < -0.39 is 0 Å². The second-order valence-corrected chi connectivity index (χ2v) is 10.4. The van der Waals surface area contributed by atoms with Crippen molar-refractivity contribution in [3.8, 4) is 5.69 Å². The molecule has 38 heavy (non-hydrogen) atoms. The highest BCUT2D eigenvalue weighted by atomic mass is 32.2. The van der Waals surface area contributed by atoms with Crippen LogP contribution in [-0.2, 0) is 13.0 Å². The first-order valence-electron chi connectivity index (χ1n) is 12.2. The van der Waals surface area contributed by atoms with Gasteiger partial charge in [0.15, 0.2) is 5.78 Å². The van der Waals surface area contributed by atoms with Crippen LogP contribution in [0.1, 0.15) is 32.9 Å². The van der Waals surface area contributed by atoms with Gasteiger partial charge in [0.05, 0.1) is 28.5 Å². The zero-order chi connectivity index (χ0) is 24.8. The summed E-state index contributed by atoms with van der Waals surface area (Å²) in [5.41, 5.74) is 13.8. The van der Waals surface area contributed by atoms with Gasteiger partial charge in [-0.05, 0) is 54.1 Å². The zero-order valence-electron chi connectivity index (χ0n) is 21.5. The van der Waals surface area contributed by atoms with Crippen LogP contribution in [0.15, 0.2) is 48.2 Å². The number of hydrogen-bond donors (Lipinski definition) is 2. The second kappa shape index (κ2) is 11.1. The first-order valence-corrected chi connectivity index (χ1v) is 13.4. The Labute approximate surface area is 225 Å². The smallest absolute Gasteiger partial charge is 0.194 e. The molecule has 0 spiro atoms. The molecule has 200 valence electrons. The van der Waals surface area contributed by atoms with Crippen LogP contribution < -0.4 is 5.73 Å². The molecule has 2 aliphatic rings. The molecule has 2 aromatic heterocycles. The van der Waals surface area contributed by atoms with Gasteiger partial charge in [-0.1, -0.05) is 30.1 Å². The summed E-state index contributed by atoms with van der Waals surface area (Å²) in [5.74, 6) is 1.13. The van der Waals surface area contributed by atoms with Crippen molar-refractivity contribution in [1.29, 1.82) is 0 Å². The topological polar surface area (TPSA) is 159 Å². The van der Waals surface area contributed by atoms with E-state index in [-0.39, 0.29) is 16.7 Å². The minimum Gasteiger partial charge on any atom is -0.412 e. The normalized spacial score (nSPS) is 15.6. The highest BCUT2D eigenvalue weighted by molar-refractivity contribution is 7.96. The number of benzene rings is 2. The number of imidazole rings is 1. The lowest BCUT2D eigenvalue weighted by Crippen LogP contribution is -2.42. The number of nitrogens with zero attached hydrogens (tertiary/aromatic N) is 5. The Morgan fingerprint density at radius 1 is 1.11 bits per heavy atom. The van der Waals surface area contributed by atoms with Crippen LogP contribution in [0.4, 0.5) is 5.82 Å². The van der Waals surface area contributed by atoms with Gasteiger partial charge in [-0.2, -0.15) is 5.10 Å². The van der Waals surface area contributed by atoms with Crippen molar-refractivity contribution >= 4 is 40.7 Å². The number of allylic oxidation sites excluding steroid dienone is 1. The Hall–Kier alpha value is -3.48. The van der Waals surface area contributed by atoms with Gasteiger partial charge in [-0.3, -0.25) is 9.69 Å². The van der Waals surface area contributed by atoms with E-state index in [1.807, 2.05) is 43.1 Å². The fraction of sp³-hybridized carbons (Fsp3) is 0.296. The van der Waals surface area contributed by atoms with Gasteiger partial charge in [0.2, 0.25) is 0 Å². The van der Waals surface area contributed by atoms with E-state index in [0.717, 1.165) is 66.4 Å². The lowest BCUT2D eigenvalue weighted by atomic mass is 10.0. The van der Waals surface area contributed by atoms with Crippen LogP contribution in [0.3, 0.4) is 0 Å². The molecule has 6 rings (SSSR count). The number of hydrogen-bond acceptors (Lipinski definition) is 7. The maximum absolute atomic E-state index is 13.4. The maximum Gasteiger partial charge on any atom is 0.194 e. The summed E-state index contributed by atoms with van der Waals surface area (Å²) in [7, 11) is 0. The number of Topliss-reactive ketones (excluding diaryl/α,β-unsaturated/α-hetero) is 1. The fourth-order valence-corrected chi connectivity index (χ4v) is 5.65. The third-order valence-electron chi connectivity index (χ3n) is 7.09. The lowest BCUT2D eigenvalue weighted by Gasteiger charge is -2.33. The maximum atomic E-state index is 13.4. The molecule has 0 bridgehead atoms. The Morgan fingerprint density at radius 2 is 1.89 bits per heavy atom. The molecule has 1 saturated heterocycles. The van der Waals surface area contributed by atoms with Crippen LogP contribution in [-0.4, -0.2) is 78.1 Å². The quantitative estimate of drug-likeness (QED) is 0.283. The van der Waals surface area contributed by atoms with Gasteiger partial charge in [-0.15, -0.1) is 0 Å². The molecule has 7 N–H and O–H groups in total. The number of aromatic amines is 1. The number of carbonyl (C=O) groups is 1. The summed E-state index contributed by atoms with van der Waals surface area (Å²) < 4.78 is 4.02. The van der Waals surface area contributed by atoms with E-state index in [4.69, 9.17) is 5.73 Å². The van der Waals surface area contributed by atoms with Crippen LogP contribution in [0.25, 0.3) is 22.8 Å². The Bertz CT molecular complexity index is 1500. The average Bonchev–Trinajstić information content (AvgIpc) is 3.58. The number of ketones is 1. The summed E-state index contributed by atoms with van der Waals surface area (Å²) in [5, 5.41) is 4.43. The number of anilines is 1. The van der Waals surface area contributed by atoms with E-state index in [0.29, 0.717) is 17.8 Å². The fourth-order valence-electron chi connectivity index (χ4n) is 5.12. The third kappa shape index (κ3) is 5.11. The van der Waals surface area contributed by atoms with Gasteiger partial charge < -0.3 is 21.7 Å². The van der Waals surface area contributed by atoms with Crippen LogP contribution in [0, 0.1) is 6.92 Å². The molecule has 2 aromatic carbocycles. The van der Waals surface area contributed by atoms with E-state index in [2.05, 4.69) is 48.7 Å². The summed E-state index contributed by atoms with van der Waals surface area (Å²) in [6.45, 7) is 7.19. The summed E-state index contributed by atoms with van der Waals surface area (Å²) in [6, 6.07) is 12.4. The number of aryl methyl sites for hydroxylation is 1. The molecular weight excluding hydrogens is 502 g/mol. The molecular formula is C27H33N7O3S. The number of nitrogens with two attached hydrogens (primary N) is 1. The van der Waals surface area contributed by atoms with Crippen molar-refractivity contribution in [2.45, 2.75) is 19.9 Å². The Morgan fingerprint density at radius 3 is 2.66 bits per heavy atom. The highest BCUT2D eigenvalue weighted by Crippen LogP contribution is 2.31. The van der Waals surface area contributed by atoms with E-state index >= 15 is 0 Å². The number of carbonyl (C=O) groups excluding carboxylic acids is 1. The molecule has 0 atom stereocenters. The molecule has 0 saturated carbocycles. The summed E-state index contributed by atoms with van der Waals surface area (Å²) in [6.07, 6.45) is 6.35. The molecule has 10 nitrogen and oxygen atoms in total. The number of nitrogen functional groups attached to an aromatic ring is 1. The van der Waals surface area contributed by atoms with Crippen molar-refractivity contribution in [3.63, 3.8) is 0 Å². The predicted octanol–water partition coefficient (Wildman–Crippen LogP) is 2.21. The average molecular weight is 536 g/mol. The highest BCUT2D eigenvalue weighted by Gasteiger charge is 2.25. The molecule has 11 heteroatoms. The third-order valence-corrected chi connectivity index (χ3v) is 7.97. The van der Waals surface area contributed by atoms with Gasteiger partial charge >= 0.3 is 0 Å². The predicted molar refractivity (Wildman–Crippen MR) is 152 cm³/mol. The second-order valence-electron chi connectivity index (χ2n) is 9.48. The van der Waals surface area contributed by atoms with Crippen LogP contribution >= 0.6 is 11.9 Å². The van der Waals surface area contributed by atoms with Crippen molar-refractivity contribution in [3.05, 3.63) is 76.2 Å². The molecule has 1 fully saturated rings. The molecule has 1 aliphatic heterocycles. The van der Waals surface area contributed by atoms with Gasteiger partial charge in [0.25, 0.3) is 0 Å². The van der Waals surface area contributed by atoms with Gasteiger partial charge in [0, 0.05) is 44.7 Å². The van der Waals surface area contributed by atoms with Crippen molar-refractivity contribution in [2.24, 2.45) is 0 Å². The molecule has 0 amide bonds.